The van der Waals surface area contributed by atoms with Crippen molar-refractivity contribution < 1.29 is 14.9 Å². The van der Waals surface area contributed by atoms with E-state index in [2.05, 4.69) is 15.0 Å². The number of imidazole rings is 1. The summed E-state index contributed by atoms with van der Waals surface area (Å²) in [5, 5.41) is 18.8. The number of aromatic nitrogens is 4. The van der Waals surface area contributed by atoms with Gasteiger partial charge in [-0.15, -0.1) is 0 Å². The molecule has 2 aromatic heterocycles. The monoisotopic (exact) mass is 266 g/mol. The highest BCUT2D eigenvalue weighted by atomic mass is 16.8. The SMILES string of the molecule is [15NH2][13c]1[15n][13cH][15n][13c]2[13c]1[15n][13cH][15n]2[13C@H]1[13CH2][13CH](O)[13C@@H]([13CH2]O)O1. The standard InChI is InChI=1S/C10H13N5O3/c11-9-8-10(13-3-12-9)15(4-14-8)7-1-5(17)6(2-16)18-7/h3-7,16-17H,1-2H2,(H2,11,12,13)/t5?,6-,7-/m1/s1/i1+1,2+1,3+1,4+1,5+1,6+1,7+1,8+1,9+1,10+1,11+1,12+1,13+1,14+1,15+1. The van der Waals surface area contributed by atoms with Gasteiger partial charge >= 0.3 is 0 Å². The molecule has 0 amide bonds. The molecule has 1 aliphatic rings. The Morgan fingerprint density at radius 2 is 2.28 bits per heavy atom. The van der Waals surface area contributed by atoms with E-state index in [1.54, 1.807) is 10.9 Å². The molecule has 0 radical (unpaired) electrons. The maximum Gasteiger partial charge on any atom is 0.167 e. The first-order chi connectivity index (χ1) is 8.70. The molecule has 1 aliphatic heterocycles. The molecular formula is C10H13N5O3. The number of anilines is 1. The van der Waals surface area contributed by atoms with Crippen molar-refractivity contribution in [2.75, 3.05) is 12.3 Å². The largest absolute Gasteiger partial charge is 0.394 e. The number of rotatable bonds is 2. The van der Waals surface area contributed by atoms with E-state index in [-0.39, 0.29) is 6.61 Å². The van der Waals surface area contributed by atoms with E-state index < -0.39 is 18.4 Å². The Labute approximate surface area is 102 Å². The van der Waals surface area contributed by atoms with Gasteiger partial charge in [-0.1, -0.05) is 0 Å². The van der Waals surface area contributed by atoms with Gasteiger partial charge in [0.15, 0.2) is 11.5 Å². The van der Waals surface area contributed by atoms with Crippen LogP contribution in [0.3, 0.4) is 0 Å². The zero-order chi connectivity index (χ0) is 12.7. The lowest BCUT2D eigenvalue weighted by Crippen LogP contribution is -2.24. The van der Waals surface area contributed by atoms with E-state index in [1.165, 1.54) is 6.33 Å². The van der Waals surface area contributed by atoms with Crippen LogP contribution in [-0.2, 0) is 4.74 Å². The van der Waals surface area contributed by atoms with Crippen molar-refractivity contribution >= 4 is 17.0 Å². The van der Waals surface area contributed by atoms with Crippen LogP contribution < -0.4 is 5.73 Å². The lowest BCUT2D eigenvalue weighted by Gasteiger charge is -2.13. The van der Waals surface area contributed by atoms with Crippen LogP contribution in [0.5, 0.6) is 0 Å². The van der Waals surface area contributed by atoms with Gasteiger partial charge in [-0.25, -0.2) is 15.0 Å². The zero-order valence-electron chi connectivity index (χ0n) is 9.47. The first-order valence-corrected chi connectivity index (χ1v) is 5.58. The van der Waals surface area contributed by atoms with Gasteiger partial charge in [0.2, 0.25) is 0 Å². The smallest absolute Gasteiger partial charge is 0.167 e. The summed E-state index contributed by atoms with van der Waals surface area (Å²) in [7, 11) is 0. The van der Waals surface area contributed by atoms with Crippen molar-refractivity contribution in [2.24, 2.45) is 0 Å². The van der Waals surface area contributed by atoms with Gasteiger partial charge in [0.25, 0.3) is 0 Å². The zero-order valence-corrected chi connectivity index (χ0v) is 9.47. The molecule has 3 heterocycles. The Bertz CT molecular complexity index is 572. The lowest BCUT2D eigenvalue weighted by atomic mass is 11.1. The van der Waals surface area contributed by atoms with Gasteiger partial charge in [-0.05, 0) is 0 Å². The van der Waals surface area contributed by atoms with Crippen LogP contribution in [-0.4, -0.2) is 48.5 Å². The van der Waals surface area contributed by atoms with Crippen LogP contribution in [0.4, 0.5) is 5.82 Å². The number of nitrogens with zero attached hydrogens (tertiary/aromatic N) is 4. The topological polar surface area (TPSA) is 119 Å². The quantitative estimate of drug-likeness (QED) is 0.473. The predicted molar refractivity (Wildman–Crippen MR) is 61.4 cm³/mol. The highest BCUT2D eigenvalue weighted by Gasteiger charge is 2.35. The molecule has 0 saturated carbocycles. The molecule has 8 heteroatoms. The molecule has 2 aromatic rings. The fraction of sp³-hybridized carbons (Fsp3) is 0.500. The number of hydrogen-bond donors (Lipinski definition) is 3. The van der Waals surface area contributed by atoms with Crippen LogP contribution in [0.2, 0.25) is 0 Å². The van der Waals surface area contributed by atoms with Crippen molar-refractivity contribution in [3.8, 4) is 0 Å². The molecule has 0 spiro atoms. The molecule has 0 bridgehead atoms. The van der Waals surface area contributed by atoms with Crippen molar-refractivity contribution in [1.82, 2.24) is 19.5 Å². The van der Waals surface area contributed by atoms with Crippen molar-refractivity contribution in [3.05, 3.63) is 12.7 Å². The summed E-state index contributed by atoms with van der Waals surface area (Å²) in [6, 6.07) is 0. The van der Waals surface area contributed by atoms with Gasteiger partial charge in [-0.3, -0.25) is 4.57 Å². The predicted octanol–water partition coefficient (Wildman–Crippen LogP) is -0.951. The highest BCUT2D eigenvalue weighted by molar-refractivity contribution is 5.81. The van der Waals surface area contributed by atoms with Gasteiger partial charge in [0, 0.05) is 6.42 Å². The van der Waals surface area contributed by atoms with Crippen LogP contribution in [0, 0.1) is 0 Å². The molecule has 8 nitrogen and oxygen atoms in total. The van der Waals surface area contributed by atoms with E-state index in [9.17, 15) is 5.11 Å². The second kappa shape index (κ2) is 4.16. The minimum atomic E-state index is -0.698. The van der Waals surface area contributed by atoms with Gasteiger partial charge in [0.05, 0.1) is 19.0 Å². The Morgan fingerprint density at radius 3 is 3.00 bits per heavy atom. The summed E-state index contributed by atoms with van der Waals surface area (Å²) in [5.74, 6) is 0.302. The molecule has 3 rings (SSSR count). The summed E-state index contributed by atoms with van der Waals surface area (Å²) in [6.07, 6.45) is 1.60. The minimum absolute atomic E-state index is 0.221. The molecule has 18 heavy (non-hydrogen) atoms. The molecule has 0 aliphatic carbocycles. The number of ether oxygens (including phenoxy) is 1. The third kappa shape index (κ3) is 1.62. The van der Waals surface area contributed by atoms with E-state index in [4.69, 9.17) is 15.6 Å². The molecule has 0 aromatic carbocycles. The van der Waals surface area contributed by atoms with Crippen molar-refractivity contribution in [3.63, 3.8) is 0 Å². The first kappa shape index (κ1) is 11.3. The van der Waals surface area contributed by atoms with Gasteiger partial charge in [-0.2, -0.15) is 0 Å². The normalized spacial score (nSPS) is 28.0. The highest BCUT2D eigenvalue weighted by Crippen LogP contribution is 2.30. The number of nitrogen functional groups attached to an aromatic ring is 1. The molecular weight excluding hydrogens is 253 g/mol. The lowest BCUT2D eigenvalue weighted by molar-refractivity contribution is -0.0432. The Hall–Kier alpha value is -1.77. The number of hydrogen-bond acceptors (Lipinski definition) is 7. The number of nitrogens with two attached hydrogens (primary N) is 1. The molecule has 1 unspecified atom stereocenters. The molecule has 4 N–H and O–H groups in total. The average molecular weight is 266 g/mol. The summed E-state index contributed by atoms with van der Waals surface area (Å²) < 4.78 is 7.22. The van der Waals surface area contributed by atoms with Crippen LogP contribution in [0.1, 0.15) is 12.6 Å². The fourth-order valence-corrected chi connectivity index (χ4v) is 2.13. The van der Waals surface area contributed by atoms with E-state index >= 15 is 0 Å². The van der Waals surface area contributed by atoms with Gasteiger partial charge in [0.1, 0.15) is 24.2 Å². The summed E-state index contributed by atoms with van der Waals surface area (Å²) in [4.78, 5) is 12.1. The van der Waals surface area contributed by atoms with Crippen LogP contribution in [0.15, 0.2) is 12.7 Å². The van der Waals surface area contributed by atoms with Crippen molar-refractivity contribution in [2.45, 2.75) is 24.9 Å². The third-order valence-electron chi connectivity index (χ3n) is 3.08. The van der Waals surface area contributed by atoms with Crippen LogP contribution in [0.25, 0.3) is 11.2 Å². The summed E-state index contributed by atoms with van der Waals surface area (Å²) >= 11 is 0. The Morgan fingerprint density at radius 1 is 1.44 bits per heavy atom. The molecule has 1 saturated heterocycles. The van der Waals surface area contributed by atoms with Crippen LogP contribution >= 0.6 is 0 Å². The molecule has 3 atom stereocenters. The maximum atomic E-state index is 9.71. The van der Waals surface area contributed by atoms with E-state index in [1.807, 2.05) is 0 Å². The Balaban J connectivity index is 1.99. The second-order valence-electron chi connectivity index (χ2n) is 4.20. The maximum absolute atomic E-state index is 9.71. The third-order valence-corrected chi connectivity index (χ3v) is 3.08. The Kier molecular flexibility index (Phi) is 2.62. The van der Waals surface area contributed by atoms with Gasteiger partial charge < -0.3 is 20.7 Å². The number of aliphatic hydroxyl groups is 2. The second-order valence-corrected chi connectivity index (χ2v) is 4.20. The fourth-order valence-electron chi connectivity index (χ4n) is 2.13. The van der Waals surface area contributed by atoms with E-state index in [0.717, 1.165) is 0 Å². The summed E-state index contributed by atoms with van der Waals surface area (Å²) in [5.41, 5.74) is 6.75. The van der Waals surface area contributed by atoms with Crippen molar-refractivity contribution in [1.29, 1.82) is 0 Å². The van der Waals surface area contributed by atoms with E-state index in [0.29, 0.717) is 23.4 Å². The molecule has 1 fully saturated rings. The number of aliphatic hydroxyl groups excluding tert-OH is 2. The summed E-state index contributed by atoms with van der Waals surface area (Å²) in [6.45, 7) is -0.221. The first-order valence-electron chi connectivity index (χ1n) is 5.58. The minimum Gasteiger partial charge on any atom is -0.394 e. The molecule has 96 valence electrons. The number of fused-ring (bicyclic) bond motifs is 1. The average Bonchev–Trinajstić information content (AvgIpc) is 2.93.